The van der Waals surface area contributed by atoms with Crippen molar-refractivity contribution in [3.05, 3.63) is 69.0 Å². The molecule has 1 unspecified atom stereocenters. The number of nitrogens with one attached hydrogen (secondary N) is 4. The first-order chi connectivity index (χ1) is 14.6. The van der Waals surface area contributed by atoms with E-state index < -0.39 is 0 Å². The Morgan fingerprint density at radius 3 is 2.90 bits per heavy atom. The number of amidine groups is 1. The molecule has 2 aromatic rings. The molecule has 0 fully saturated rings. The van der Waals surface area contributed by atoms with Crippen LogP contribution in [0.1, 0.15) is 23.7 Å². The Kier molecular flexibility index (Phi) is 6.38. The minimum Gasteiger partial charge on any atom is -0.368 e. The minimum atomic E-state index is -0.168. The van der Waals surface area contributed by atoms with Gasteiger partial charge in [-0.3, -0.25) is 4.99 Å². The van der Waals surface area contributed by atoms with Crippen molar-refractivity contribution in [3.8, 4) is 6.07 Å². The first kappa shape index (κ1) is 20.5. The molecule has 154 valence electrons. The summed E-state index contributed by atoms with van der Waals surface area (Å²) < 4.78 is 0. The molecule has 1 atom stereocenters. The van der Waals surface area contributed by atoms with Gasteiger partial charge in [0.15, 0.2) is 0 Å². The van der Waals surface area contributed by atoms with Gasteiger partial charge in [0.05, 0.1) is 12.1 Å². The Hall–Kier alpha value is -2.79. The van der Waals surface area contributed by atoms with Gasteiger partial charge in [0.25, 0.3) is 0 Å². The smallest absolute Gasteiger partial charge is 0.129 e. The lowest BCUT2D eigenvalue weighted by molar-refractivity contribution is 0.502. The van der Waals surface area contributed by atoms with Crippen molar-refractivity contribution in [2.24, 2.45) is 4.99 Å². The van der Waals surface area contributed by atoms with Gasteiger partial charge in [-0.25, -0.2) is 4.98 Å². The number of aliphatic imine (C=N–C) groups is 1. The Labute approximate surface area is 185 Å². The number of pyridine rings is 1. The summed E-state index contributed by atoms with van der Waals surface area (Å²) >= 11 is 12.5. The van der Waals surface area contributed by atoms with Gasteiger partial charge < -0.3 is 21.3 Å². The predicted molar refractivity (Wildman–Crippen MR) is 120 cm³/mol. The molecular weight excluding hydrogens is 421 g/mol. The lowest BCUT2D eigenvalue weighted by atomic mass is 10.0. The van der Waals surface area contributed by atoms with E-state index in [1.165, 1.54) is 5.70 Å². The van der Waals surface area contributed by atoms with Crippen LogP contribution in [0, 0.1) is 11.3 Å². The Morgan fingerprint density at radius 2 is 2.13 bits per heavy atom. The van der Waals surface area contributed by atoms with Gasteiger partial charge in [-0.1, -0.05) is 29.3 Å². The highest BCUT2D eigenvalue weighted by Crippen LogP contribution is 2.29. The van der Waals surface area contributed by atoms with Gasteiger partial charge in [-0.05, 0) is 24.3 Å². The molecule has 7 nitrogen and oxygen atoms in total. The SMILES string of the molecule is N#Cc1ccc(NCCN=C2NC(c3ccc(Cl)cc3Cl)NC3=C2CNCC3)nc1. The fourth-order valence-electron chi connectivity index (χ4n) is 3.45. The number of hydrogen-bond donors (Lipinski definition) is 4. The summed E-state index contributed by atoms with van der Waals surface area (Å²) in [6, 6.07) is 11.1. The molecular formula is C21H21Cl2N7. The van der Waals surface area contributed by atoms with Crippen LogP contribution in [-0.4, -0.2) is 37.0 Å². The van der Waals surface area contributed by atoms with Crippen molar-refractivity contribution in [3.63, 3.8) is 0 Å². The molecule has 0 saturated carbocycles. The second kappa shape index (κ2) is 9.35. The monoisotopic (exact) mass is 441 g/mol. The summed E-state index contributed by atoms with van der Waals surface area (Å²) in [7, 11) is 0. The lowest BCUT2D eigenvalue weighted by Gasteiger charge is -2.35. The summed E-state index contributed by atoms with van der Waals surface area (Å²) in [6.07, 6.45) is 2.29. The van der Waals surface area contributed by atoms with Crippen LogP contribution in [0.15, 0.2) is 52.8 Å². The minimum absolute atomic E-state index is 0.168. The maximum atomic E-state index is 8.85. The van der Waals surface area contributed by atoms with Gasteiger partial charge >= 0.3 is 0 Å². The zero-order chi connectivity index (χ0) is 20.9. The fourth-order valence-corrected chi connectivity index (χ4v) is 3.97. The normalized spacial score (nSPS) is 19.5. The molecule has 0 spiro atoms. The average molecular weight is 442 g/mol. The number of halogens is 2. The number of anilines is 1. The number of hydrogen-bond acceptors (Lipinski definition) is 6. The molecule has 3 heterocycles. The summed E-state index contributed by atoms with van der Waals surface area (Å²) in [5.74, 6) is 1.58. The molecule has 1 aromatic heterocycles. The molecule has 0 bridgehead atoms. The number of benzene rings is 1. The zero-order valence-corrected chi connectivity index (χ0v) is 17.7. The van der Waals surface area contributed by atoms with E-state index in [-0.39, 0.29) is 6.17 Å². The summed E-state index contributed by atoms with van der Waals surface area (Å²) in [4.78, 5) is 9.01. The molecule has 2 aliphatic rings. The van der Waals surface area contributed by atoms with E-state index >= 15 is 0 Å². The van der Waals surface area contributed by atoms with Crippen LogP contribution in [-0.2, 0) is 0 Å². The van der Waals surface area contributed by atoms with Crippen LogP contribution in [0.3, 0.4) is 0 Å². The maximum absolute atomic E-state index is 8.85. The summed E-state index contributed by atoms with van der Waals surface area (Å²) in [6.45, 7) is 2.88. The second-order valence-electron chi connectivity index (χ2n) is 6.97. The van der Waals surface area contributed by atoms with Gasteiger partial charge in [0.1, 0.15) is 23.9 Å². The number of nitrogens with zero attached hydrogens (tertiary/aromatic N) is 3. The molecule has 4 rings (SSSR count). The molecule has 4 N–H and O–H groups in total. The molecule has 9 heteroatoms. The predicted octanol–water partition coefficient (Wildman–Crippen LogP) is 3.21. The van der Waals surface area contributed by atoms with E-state index in [0.717, 1.165) is 42.3 Å². The first-order valence-electron chi connectivity index (χ1n) is 9.69. The van der Waals surface area contributed by atoms with Gasteiger partial charge in [-0.2, -0.15) is 5.26 Å². The highest BCUT2D eigenvalue weighted by atomic mass is 35.5. The molecule has 1 aromatic carbocycles. The lowest BCUT2D eigenvalue weighted by Crippen LogP contribution is -2.49. The van der Waals surface area contributed by atoms with E-state index in [1.807, 2.05) is 12.1 Å². The molecule has 2 aliphatic heterocycles. The quantitative estimate of drug-likeness (QED) is 0.531. The van der Waals surface area contributed by atoms with E-state index in [2.05, 4.69) is 32.3 Å². The molecule has 0 amide bonds. The Balaban J connectivity index is 1.47. The van der Waals surface area contributed by atoms with Gasteiger partial charge in [0, 0.05) is 59.1 Å². The summed E-state index contributed by atoms with van der Waals surface area (Å²) in [5.41, 5.74) is 3.80. The van der Waals surface area contributed by atoms with Crippen LogP contribution in [0.4, 0.5) is 5.82 Å². The maximum Gasteiger partial charge on any atom is 0.129 e. The number of nitriles is 1. The van der Waals surface area contributed by atoms with E-state index in [0.29, 0.717) is 28.7 Å². The third kappa shape index (κ3) is 4.68. The highest BCUT2D eigenvalue weighted by Gasteiger charge is 2.28. The van der Waals surface area contributed by atoms with E-state index in [4.69, 9.17) is 33.5 Å². The van der Waals surface area contributed by atoms with Crippen LogP contribution in [0.2, 0.25) is 10.0 Å². The van der Waals surface area contributed by atoms with Crippen molar-refractivity contribution < 1.29 is 0 Å². The topological polar surface area (TPSA) is 97.2 Å². The molecule has 0 radical (unpaired) electrons. The number of aromatic nitrogens is 1. The molecule has 0 aliphatic carbocycles. The average Bonchev–Trinajstić information content (AvgIpc) is 2.77. The molecule has 0 saturated heterocycles. The first-order valence-corrected chi connectivity index (χ1v) is 10.5. The third-order valence-corrected chi connectivity index (χ3v) is 5.52. The van der Waals surface area contributed by atoms with E-state index in [1.54, 1.807) is 24.4 Å². The van der Waals surface area contributed by atoms with Crippen molar-refractivity contribution in [1.29, 1.82) is 5.26 Å². The molecule has 30 heavy (non-hydrogen) atoms. The van der Waals surface area contributed by atoms with Crippen LogP contribution < -0.4 is 21.3 Å². The van der Waals surface area contributed by atoms with Crippen molar-refractivity contribution in [2.75, 3.05) is 31.5 Å². The highest BCUT2D eigenvalue weighted by molar-refractivity contribution is 6.35. The van der Waals surface area contributed by atoms with Crippen molar-refractivity contribution in [1.82, 2.24) is 20.9 Å². The van der Waals surface area contributed by atoms with Gasteiger partial charge in [0.2, 0.25) is 0 Å². The number of rotatable bonds is 5. The summed E-state index contributed by atoms with van der Waals surface area (Å²) in [5, 5.41) is 23.7. The van der Waals surface area contributed by atoms with Gasteiger partial charge in [-0.15, -0.1) is 0 Å². The fraction of sp³-hybridized carbons (Fsp3) is 0.286. The largest absolute Gasteiger partial charge is 0.368 e. The van der Waals surface area contributed by atoms with E-state index in [9.17, 15) is 0 Å². The Bertz CT molecular complexity index is 1020. The van der Waals surface area contributed by atoms with Crippen LogP contribution >= 0.6 is 23.2 Å². The standard InChI is InChI=1S/C21H21Cl2N7/c22-14-2-3-15(17(23)9-14)21-29-18-5-6-25-12-16(18)20(30-21)27-8-7-26-19-4-1-13(10-24)11-28-19/h1-4,9,11,21,25,29H,5-8,12H2,(H,26,28)(H,27,30). The second-order valence-corrected chi connectivity index (χ2v) is 7.82. The Morgan fingerprint density at radius 1 is 1.23 bits per heavy atom. The van der Waals surface area contributed by atoms with Crippen LogP contribution in [0.5, 0.6) is 0 Å². The van der Waals surface area contributed by atoms with Crippen molar-refractivity contribution in [2.45, 2.75) is 12.6 Å². The third-order valence-electron chi connectivity index (χ3n) is 4.96. The van der Waals surface area contributed by atoms with Crippen molar-refractivity contribution >= 4 is 34.9 Å². The zero-order valence-electron chi connectivity index (χ0n) is 16.2. The van der Waals surface area contributed by atoms with Crippen LogP contribution in [0.25, 0.3) is 0 Å².